The number of carbonyl (C=O) groups is 3. The number of alkyl halides is 2. The van der Waals surface area contributed by atoms with Crippen molar-refractivity contribution in [3.05, 3.63) is 52.8 Å². The highest BCUT2D eigenvalue weighted by Crippen LogP contribution is 2.30. The van der Waals surface area contributed by atoms with E-state index >= 15 is 0 Å². The van der Waals surface area contributed by atoms with Crippen LogP contribution in [0.15, 0.2) is 30.3 Å². The van der Waals surface area contributed by atoms with Crippen LogP contribution in [0.4, 0.5) is 13.6 Å². The number of aryl methyl sites for hydroxylation is 2. The summed E-state index contributed by atoms with van der Waals surface area (Å²) >= 11 is 0. The van der Waals surface area contributed by atoms with Gasteiger partial charge in [0.25, 0.3) is 5.91 Å². The average Bonchev–Trinajstić information content (AvgIpc) is 3.06. The summed E-state index contributed by atoms with van der Waals surface area (Å²) in [6.45, 7) is 1.67. The van der Waals surface area contributed by atoms with E-state index < -0.39 is 30.6 Å². The lowest BCUT2D eigenvalue weighted by Gasteiger charge is -2.22. The van der Waals surface area contributed by atoms with Crippen LogP contribution < -0.4 is 10.1 Å². The van der Waals surface area contributed by atoms with Crippen LogP contribution in [-0.4, -0.2) is 40.8 Å². The topological polar surface area (TPSA) is 91.5 Å². The summed E-state index contributed by atoms with van der Waals surface area (Å²) in [6.07, 6.45) is 0. The van der Waals surface area contributed by atoms with E-state index in [0.29, 0.717) is 16.8 Å². The lowest BCUT2D eigenvalue weighted by molar-refractivity contribution is -0.130. The molecule has 148 valence electrons. The normalized spacial score (nSPS) is 19.3. The fraction of sp³-hybridized carbons (Fsp3) is 0.316. The van der Waals surface area contributed by atoms with E-state index in [-0.39, 0.29) is 11.5 Å². The van der Waals surface area contributed by atoms with E-state index in [1.54, 1.807) is 19.9 Å². The summed E-state index contributed by atoms with van der Waals surface area (Å²) in [4.78, 5) is 41.6. The van der Waals surface area contributed by atoms with Crippen LogP contribution in [0.3, 0.4) is 0 Å². The number of urea groups is 1. The summed E-state index contributed by atoms with van der Waals surface area (Å²) in [5.74, 6) is -1.03. The highest BCUT2D eigenvalue weighted by molar-refractivity contribution is 6.11. The first-order chi connectivity index (χ1) is 13.1. The number of aromatic nitrogens is 1. The molecule has 1 aromatic carbocycles. The average molecular weight is 391 g/mol. The molecule has 0 radical (unpaired) electrons. The fourth-order valence-corrected chi connectivity index (χ4v) is 3.25. The first-order valence-corrected chi connectivity index (χ1v) is 8.50. The standard InChI is InChI=1S/C19H19F2N3O4/c1-10-8-14(11(2)22-10)15(25)9-24-16(26)19(3,23-18(24)27)12-4-6-13(7-5-12)28-17(20)21/h4-8,17,22H,9H2,1-3H3,(H,23,27)/t19-/m0/s1. The van der Waals surface area contributed by atoms with Gasteiger partial charge in [0, 0.05) is 17.0 Å². The molecular formula is C19H19F2N3O4. The van der Waals surface area contributed by atoms with E-state index in [1.807, 2.05) is 0 Å². The molecule has 0 spiro atoms. The maximum absolute atomic E-state index is 12.9. The predicted molar refractivity (Wildman–Crippen MR) is 95.3 cm³/mol. The van der Waals surface area contributed by atoms with Gasteiger partial charge in [0.2, 0.25) is 0 Å². The second-order valence-corrected chi connectivity index (χ2v) is 6.76. The smallest absolute Gasteiger partial charge is 0.387 e. The number of nitrogens with zero attached hydrogens (tertiary/aromatic N) is 1. The van der Waals surface area contributed by atoms with Gasteiger partial charge in [-0.05, 0) is 44.5 Å². The number of Topliss-reactive ketones (excluding diaryl/α,β-unsaturated/α-hetero) is 1. The number of imide groups is 1. The second-order valence-electron chi connectivity index (χ2n) is 6.76. The molecule has 3 rings (SSSR count). The zero-order valence-electron chi connectivity index (χ0n) is 15.5. The third-order valence-electron chi connectivity index (χ3n) is 4.68. The molecule has 1 atom stereocenters. The molecule has 0 unspecified atom stereocenters. The molecule has 2 heterocycles. The SMILES string of the molecule is Cc1cc(C(=O)CN2C(=O)N[C@@](C)(c3ccc(OC(F)F)cc3)C2=O)c(C)[nH]1. The van der Waals surface area contributed by atoms with Crippen LogP contribution in [0.5, 0.6) is 5.75 Å². The number of H-pyrrole nitrogens is 1. The van der Waals surface area contributed by atoms with Crippen molar-refractivity contribution < 1.29 is 27.9 Å². The molecule has 0 bridgehead atoms. The molecule has 3 amide bonds. The first kappa shape index (κ1) is 19.5. The van der Waals surface area contributed by atoms with Crippen LogP contribution in [-0.2, 0) is 10.3 Å². The van der Waals surface area contributed by atoms with Crippen molar-refractivity contribution in [1.29, 1.82) is 0 Å². The molecule has 1 fully saturated rings. The van der Waals surface area contributed by atoms with Gasteiger partial charge in [0.05, 0.1) is 6.54 Å². The van der Waals surface area contributed by atoms with Gasteiger partial charge in [-0.2, -0.15) is 8.78 Å². The zero-order chi connectivity index (χ0) is 20.6. The summed E-state index contributed by atoms with van der Waals surface area (Å²) in [7, 11) is 0. The number of aromatic amines is 1. The number of hydrogen-bond donors (Lipinski definition) is 2. The molecule has 2 N–H and O–H groups in total. The molecule has 7 nitrogen and oxygen atoms in total. The Bertz CT molecular complexity index is 939. The predicted octanol–water partition coefficient (Wildman–Crippen LogP) is 2.88. The van der Waals surface area contributed by atoms with Crippen molar-refractivity contribution in [2.75, 3.05) is 6.54 Å². The largest absolute Gasteiger partial charge is 0.435 e. The van der Waals surface area contributed by atoms with Gasteiger partial charge in [-0.15, -0.1) is 0 Å². The monoisotopic (exact) mass is 391 g/mol. The van der Waals surface area contributed by atoms with Gasteiger partial charge < -0.3 is 15.0 Å². The third kappa shape index (κ3) is 3.47. The van der Waals surface area contributed by atoms with E-state index in [4.69, 9.17) is 0 Å². The quantitative estimate of drug-likeness (QED) is 0.585. The zero-order valence-corrected chi connectivity index (χ0v) is 15.5. The molecule has 1 aliphatic rings. The first-order valence-electron chi connectivity index (χ1n) is 8.50. The number of ether oxygens (including phenoxy) is 1. The van der Waals surface area contributed by atoms with Gasteiger partial charge in [-0.1, -0.05) is 12.1 Å². The van der Waals surface area contributed by atoms with Crippen molar-refractivity contribution in [2.24, 2.45) is 0 Å². The summed E-state index contributed by atoms with van der Waals surface area (Å²) < 4.78 is 28.8. The lowest BCUT2D eigenvalue weighted by Crippen LogP contribution is -2.41. The molecule has 28 heavy (non-hydrogen) atoms. The van der Waals surface area contributed by atoms with Crippen molar-refractivity contribution >= 4 is 17.7 Å². The third-order valence-corrected chi connectivity index (χ3v) is 4.68. The van der Waals surface area contributed by atoms with Gasteiger partial charge in [0.1, 0.15) is 11.3 Å². The number of halogens is 2. The van der Waals surface area contributed by atoms with Crippen molar-refractivity contribution in [2.45, 2.75) is 32.9 Å². The van der Waals surface area contributed by atoms with Crippen LogP contribution >= 0.6 is 0 Å². The Morgan fingerprint density at radius 2 is 1.86 bits per heavy atom. The maximum Gasteiger partial charge on any atom is 0.387 e. The summed E-state index contributed by atoms with van der Waals surface area (Å²) in [6, 6.07) is 6.37. The lowest BCUT2D eigenvalue weighted by atomic mass is 9.92. The molecule has 0 saturated carbocycles. The number of carbonyl (C=O) groups excluding carboxylic acids is 3. The molecule has 1 aliphatic heterocycles. The highest BCUT2D eigenvalue weighted by Gasteiger charge is 2.49. The van der Waals surface area contributed by atoms with Crippen molar-refractivity contribution in [3.63, 3.8) is 0 Å². The number of ketones is 1. The van der Waals surface area contributed by atoms with Crippen LogP contribution in [0, 0.1) is 13.8 Å². The van der Waals surface area contributed by atoms with E-state index in [1.165, 1.54) is 31.2 Å². The van der Waals surface area contributed by atoms with Crippen molar-refractivity contribution in [1.82, 2.24) is 15.2 Å². The molecule has 0 aliphatic carbocycles. The van der Waals surface area contributed by atoms with Crippen LogP contribution in [0.25, 0.3) is 0 Å². The van der Waals surface area contributed by atoms with E-state index in [2.05, 4.69) is 15.0 Å². The Hall–Kier alpha value is -3.23. The number of amides is 3. The van der Waals surface area contributed by atoms with Gasteiger partial charge >= 0.3 is 12.6 Å². The van der Waals surface area contributed by atoms with E-state index in [9.17, 15) is 23.2 Å². The Balaban J connectivity index is 1.80. The molecular weight excluding hydrogens is 372 g/mol. The van der Waals surface area contributed by atoms with Gasteiger partial charge in [-0.25, -0.2) is 4.79 Å². The number of hydrogen-bond acceptors (Lipinski definition) is 4. The molecule has 2 aromatic rings. The summed E-state index contributed by atoms with van der Waals surface area (Å²) in [5.41, 5.74) is 0.848. The second kappa shape index (κ2) is 7.06. The highest BCUT2D eigenvalue weighted by atomic mass is 19.3. The van der Waals surface area contributed by atoms with Crippen molar-refractivity contribution in [3.8, 4) is 5.75 Å². The minimum absolute atomic E-state index is 0.0653. The number of nitrogens with one attached hydrogen (secondary N) is 2. The molecule has 1 saturated heterocycles. The van der Waals surface area contributed by atoms with E-state index in [0.717, 1.165) is 10.6 Å². The fourth-order valence-electron chi connectivity index (χ4n) is 3.25. The Morgan fingerprint density at radius 3 is 2.39 bits per heavy atom. The minimum atomic E-state index is -2.96. The summed E-state index contributed by atoms with van der Waals surface area (Å²) in [5, 5.41) is 2.57. The number of benzene rings is 1. The van der Waals surface area contributed by atoms with Gasteiger partial charge in [0.15, 0.2) is 5.78 Å². The number of rotatable bonds is 6. The van der Waals surface area contributed by atoms with Crippen LogP contribution in [0.1, 0.15) is 34.2 Å². The molecule has 1 aromatic heterocycles. The Kier molecular flexibility index (Phi) is 4.93. The van der Waals surface area contributed by atoms with Crippen LogP contribution in [0.2, 0.25) is 0 Å². The molecule has 9 heteroatoms. The maximum atomic E-state index is 12.9. The Morgan fingerprint density at radius 1 is 1.21 bits per heavy atom. The minimum Gasteiger partial charge on any atom is -0.435 e. The Labute approximate surface area is 159 Å². The van der Waals surface area contributed by atoms with Gasteiger partial charge in [-0.3, -0.25) is 14.5 Å².